The monoisotopic (exact) mass is 623 g/mol. The number of non-ortho nitro benzene ring substituents is 1. The number of nitro benzene ring substituents is 1. The van der Waals surface area contributed by atoms with Gasteiger partial charge in [-0.3, -0.25) is 14.9 Å². The van der Waals surface area contributed by atoms with E-state index < -0.39 is 9.92 Å². The van der Waals surface area contributed by atoms with Crippen LogP contribution in [-0.2, 0) is 4.99 Å². The summed E-state index contributed by atoms with van der Waals surface area (Å²) in [6.07, 6.45) is 0. The number of hydrogen-bond donors (Lipinski definition) is 0. The fourth-order valence-electron chi connectivity index (χ4n) is 5.76. The van der Waals surface area contributed by atoms with Crippen molar-refractivity contribution in [2.75, 3.05) is 10.0 Å². The van der Waals surface area contributed by atoms with E-state index in [9.17, 15) is 14.9 Å². The molecule has 7 rings (SSSR count). The zero-order valence-corrected chi connectivity index (χ0v) is 26.0. The van der Waals surface area contributed by atoms with Crippen LogP contribution in [0.1, 0.15) is 52.4 Å². The molecule has 0 aromatic heterocycles. The van der Waals surface area contributed by atoms with Crippen LogP contribution in [0.4, 0.5) is 17.1 Å². The highest BCUT2D eigenvalue weighted by Crippen LogP contribution is 2.55. The number of hydrogen-bond acceptors (Lipinski definition) is 8. The number of ketones is 1. The second-order valence-corrected chi connectivity index (χ2v) is 12.5. The van der Waals surface area contributed by atoms with Gasteiger partial charge in [-0.15, -0.1) is 0 Å². The van der Waals surface area contributed by atoms with Gasteiger partial charge in [-0.05, 0) is 47.5 Å². The molecular weight excluding hydrogens is 595 g/mol. The van der Waals surface area contributed by atoms with Gasteiger partial charge in [-0.25, -0.2) is 10.0 Å². The number of nitro groups is 1. The lowest BCUT2D eigenvalue weighted by Gasteiger charge is -2.47. The molecule has 46 heavy (non-hydrogen) atoms. The number of anilines is 2. The van der Waals surface area contributed by atoms with Crippen LogP contribution >= 0.6 is 11.8 Å². The lowest BCUT2D eigenvalue weighted by molar-refractivity contribution is -0.384. The maximum absolute atomic E-state index is 14.0. The highest BCUT2D eigenvalue weighted by molar-refractivity contribution is 8.17. The topological polar surface area (TPSA) is 91.4 Å². The molecule has 0 saturated heterocycles. The number of rotatable bonds is 7. The van der Waals surface area contributed by atoms with E-state index in [1.807, 2.05) is 77.8 Å². The van der Waals surface area contributed by atoms with Gasteiger partial charge in [0.1, 0.15) is 0 Å². The molecule has 1 atom stereocenters. The minimum Gasteiger partial charge on any atom is -0.286 e. The Morgan fingerprint density at radius 1 is 0.739 bits per heavy atom. The van der Waals surface area contributed by atoms with Crippen molar-refractivity contribution in [3.05, 3.63) is 171 Å². The van der Waals surface area contributed by atoms with Crippen LogP contribution in [0, 0.1) is 10.1 Å². The number of carbonyl (C=O) groups excluding carboxylic acids is 1. The largest absolute Gasteiger partial charge is 0.286 e. The molecule has 2 aliphatic heterocycles. The first kappa shape index (κ1) is 29.2. The van der Waals surface area contributed by atoms with Crippen molar-refractivity contribution in [1.82, 2.24) is 0 Å². The summed E-state index contributed by atoms with van der Waals surface area (Å²) in [5, 5.41) is 25.8. The summed E-state index contributed by atoms with van der Waals surface area (Å²) >= 11 is 1.31. The third-order valence-corrected chi connectivity index (χ3v) is 9.43. The standard InChI is InChI=1S/C37H29N5O3S/c1-25(2)26-17-19-27(20-18-26)34-32-15-9-10-16-33(32)37(40(38-34)29-13-7-4-8-14-29)41(30-21-23-31(24-22-30)42(44)45)39-36(46-37)35(43)28-11-5-3-6-12-28/h3-25H,1-2H3/t37-/m0/s1. The summed E-state index contributed by atoms with van der Waals surface area (Å²) in [6.45, 7) is 4.34. The average Bonchev–Trinajstić information content (AvgIpc) is 3.50. The summed E-state index contributed by atoms with van der Waals surface area (Å²) in [5.74, 6) is 0.167. The van der Waals surface area contributed by atoms with Crippen molar-refractivity contribution >= 4 is 45.4 Å². The summed E-state index contributed by atoms with van der Waals surface area (Å²) in [6, 6.07) is 41.6. The first-order valence-corrected chi connectivity index (χ1v) is 15.7. The summed E-state index contributed by atoms with van der Waals surface area (Å²) in [4.78, 5) is 23.9. The van der Waals surface area contributed by atoms with Gasteiger partial charge in [0.25, 0.3) is 5.69 Å². The van der Waals surface area contributed by atoms with E-state index in [2.05, 4.69) is 38.1 Å². The fraction of sp³-hybridized carbons (Fsp3) is 0.108. The zero-order valence-electron chi connectivity index (χ0n) is 25.1. The second-order valence-electron chi connectivity index (χ2n) is 11.3. The molecule has 5 aromatic carbocycles. The number of thioether (sulfide) groups is 1. The molecule has 2 heterocycles. The first-order valence-electron chi connectivity index (χ1n) is 14.9. The zero-order chi connectivity index (χ0) is 31.8. The van der Waals surface area contributed by atoms with E-state index in [1.54, 1.807) is 29.3 Å². The quantitative estimate of drug-likeness (QED) is 0.103. The average molecular weight is 624 g/mol. The Kier molecular flexibility index (Phi) is 7.46. The van der Waals surface area contributed by atoms with Crippen LogP contribution in [0.15, 0.2) is 144 Å². The number of para-hydroxylation sites is 1. The molecule has 1 spiro atoms. The van der Waals surface area contributed by atoms with Crippen LogP contribution in [0.25, 0.3) is 0 Å². The Bertz CT molecular complexity index is 2000. The number of Topliss-reactive ketones (excluding diaryl/α,β-unsaturated/α-hetero) is 1. The smallest absolute Gasteiger partial charge is 0.269 e. The molecule has 0 aliphatic carbocycles. The number of hydrazone groups is 2. The molecule has 9 heteroatoms. The summed E-state index contributed by atoms with van der Waals surface area (Å²) < 4.78 is 0. The van der Waals surface area contributed by atoms with Gasteiger partial charge < -0.3 is 0 Å². The van der Waals surface area contributed by atoms with E-state index in [0.29, 0.717) is 17.2 Å². The van der Waals surface area contributed by atoms with Crippen LogP contribution in [-0.4, -0.2) is 21.5 Å². The maximum Gasteiger partial charge on any atom is 0.269 e. The fourth-order valence-corrected chi connectivity index (χ4v) is 7.12. The highest BCUT2D eigenvalue weighted by atomic mass is 32.2. The van der Waals surface area contributed by atoms with Gasteiger partial charge in [0.2, 0.25) is 10.8 Å². The van der Waals surface area contributed by atoms with Crippen LogP contribution in [0.2, 0.25) is 0 Å². The molecule has 0 amide bonds. The van der Waals surface area contributed by atoms with Crippen molar-refractivity contribution in [1.29, 1.82) is 0 Å². The van der Waals surface area contributed by atoms with Crippen LogP contribution in [0.3, 0.4) is 0 Å². The van der Waals surface area contributed by atoms with Crippen molar-refractivity contribution in [2.24, 2.45) is 10.2 Å². The molecule has 2 aliphatic rings. The van der Waals surface area contributed by atoms with E-state index >= 15 is 0 Å². The number of benzene rings is 5. The molecule has 0 radical (unpaired) electrons. The van der Waals surface area contributed by atoms with Gasteiger partial charge in [0, 0.05) is 34.4 Å². The predicted molar refractivity (Wildman–Crippen MR) is 185 cm³/mol. The van der Waals surface area contributed by atoms with Crippen LogP contribution in [0.5, 0.6) is 0 Å². The number of carbonyl (C=O) groups is 1. The maximum atomic E-state index is 14.0. The predicted octanol–water partition coefficient (Wildman–Crippen LogP) is 8.55. The molecule has 8 nitrogen and oxygen atoms in total. The van der Waals surface area contributed by atoms with Gasteiger partial charge >= 0.3 is 0 Å². The van der Waals surface area contributed by atoms with Crippen molar-refractivity contribution < 1.29 is 9.72 Å². The molecule has 0 N–H and O–H groups in total. The van der Waals surface area contributed by atoms with Crippen LogP contribution < -0.4 is 10.0 Å². The molecule has 0 bridgehead atoms. The van der Waals surface area contributed by atoms with Gasteiger partial charge in [0.05, 0.1) is 22.0 Å². The van der Waals surface area contributed by atoms with E-state index in [1.165, 1.54) is 29.5 Å². The van der Waals surface area contributed by atoms with Crippen molar-refractivity contribution in [3.63, 3.8) is 0 Å². The molecule has 226 valence electrons. The Labute approximate surface area is 270 Å². The van der Waals surface area contributed by atoms with Gasteiger partial charge in [-0.2, -0.15) is 10.2 Å². The second kappa shape index (κ2) is 11.8. The van der Waals surface area contributed by atoms with Crippen molar-refractivity contribution in [2.45, 2.75) is 24.8 Å². The van der Waals surface area contributed by atoms with Gasteiger partial charge in [0.15, 0.2) is 5.04 Å². The third-order valence-electron chi connectivity index (χ3n) is 8.12. The van der Waals surface area contributed by atoms with E-state index in [-0.39, 0.29) is 16.5 Å². The Balaban J connectivity index is 1.47. The highest BCUT2D eigenvalue weighted by Gasteiger charge is 2.56. The molecule has 0 saturated carbocycles. The third kappa shape index (κ3) is 4.95. The first-order chi connectivity index (χ1) is 22.4. The van der Waals surface area contributed by atoms with E-state index in [4.69, 9.17) is 10.2 Å². The Morgan fingerprint density at radius 3 is 1.98 bits per heavy atom. The molecule has 5 aromatic rings. The normalized spacial score (nSPS) is 17.1. The Hall–Kier alpha value is -5.54. The van der Waals surface area contributed by atoms with Crippen molar-refractivity contribution in [3.8, 4) is 0 Å². The lowest BCUT2D eigenvalue weighted by atomic mass is 9.92. The molecular formula is C37H29N5O3S. The number of fused-ring (bicyclic) bond motifs is 2. The minimum atomic E-state index is -1.19. The number of nitrogens with zero attached hydrogens (tertiary/aromatic N) is 5. The summed E-state index contributed by atoms with van der Waals surface area (Å²) in [5.41, 5.74) is 6.59. The SMILES string of the molecule is CC(C)c1ccc(C2=NN(c3ccccc3)[C@@]3(SC(C(=O)c4ccccc4)=NN3c3ccc([N+](=O)[O-])cc3)c3ccccc32)cc1. The van der Waals surface area contributed by atoms with E-state index in [0.717, 1.165) is 28.1 Å². The molecule has 0 fully saturated rings. The Morgan fingerprint density at radius 2 is 1.33 bits per heavy atom. The van der Waals surface area contributed by atoms with Gasteiger partial charge in [-0.1, -0.05) is 111 Å². The summed E-state index contributed by atoms with van der Waals surface area (Å²) in [7, 11) is 0. The lowest BCUT2D eigenvalue weighted by Crippen LogP contribution is -2.54. The minimum absolute atomic E-state index is 0.0386. The molecule has 0 unspecified atom stereocenters.